The van der Waals surface area contributed by atoms with Crippen molar-refractivity contribution in [3.8, 4) is 0 Å². The molecule has 2 heteroatoms. The van der Waals surface area contributed by atoms with E-state index in [0.717, 1.165) is 10.5 Å². The Hall–Kier alpha value is 0.700. The fourth-order valence-corrected chi connectivity index (χ4v) is 3.06. The Kier molecular flexibility index (Phi) is 2.15. The van der Waals surface area contributed by atoms with Gasteiger partial charge in [-0.1, -0.05) is 13.8 Å². The third-order valence-electron chi connectivity index (χ3n) is 1.56. The summed E-state index contributed by atoms with van der Waals surface area (Å²) in [7, 11) is 0. The molecule has 1 rings (SSSR count). The number of thiol groups is 1. The third kappa shape index (κ3) is 1.35. The number of thioether (sulfide) groups is 1. The molecular formula is C6H12S2. The summed E-state index contributed by atoms with van der Waals surface area (Å²) in [6.45, 7) is 4.53. The van der Waals surface area contributed by atoms with Gasteiger partial charge in [0.15, 0.2) is 0 Å². The Bertz CT molecular complexity index is 72.6. The highest BCUT2D eigenvalue weighted by Gasteiger charge is 2.25. The minimum Gasteiger partial charge on any atom is -0.175 e. The fraction of sp³-hybridized carbons (Fsp3) is 1.00. The summed E-state index contributed by atoms with van der Waals surface area (Å²) in [6, 6.07) is 0. The van der Waals surface area contributed by atoms with Crippen molar-refractivity contribution in [2.24, 2.45) is 0 Å². The summed E-state index contributed by atoms with van der Waals surface area (Å²) in [4.78, 5) is 0. The quantitative estimate of drug-likeness (QED) is 0.514. The lowest BCUT2D eigenvalue weighted by Gasteiger charge is -2.03. The first kappa shape index (κ1) is 6.81. The second kappa shape index (κ2) is 2.53. The van der Waals surface area contributed by atoms with Gasteiger partial charge in [-0.3, -0.25) is 0 Å². The van der Waals surface area contributed by atoms with E-state index >= 15 is 0 Å². The van der Waals surface area contributed by atoms with Crippen molar-refractivity contribution in [3.05, 3.63) is 0 Å². The molecule has 0 aliphatic carbocycles. The van der Waals surface area contributed by atoms with Crippen molar-refractivity contribution in [1.82, 2.24) is 0 Å². The van der Waals surface area contributed by atoms with Gasteiger partial charge in [0.25, 0.3) is 0 Å². The van der Waals surface area contributed by atoms with Crippen LogP contribution in [0, 0.1) is 0 Å². The van der Waals surface area contributed by atoms with Crippen molar-refractivity contribution >= 4 is 24.4 Å². The maximum absolute atomic E-state index is 4.43. The molecule has 0 amide bonds. The smallest absolute Gasteiger partial charge is 0.0144 e. The van der Waals surface area contributed by atoms with Gasteiger partial charge in [0, 0.05) is 15.7 Å². The summed E-state index contributed by atoms with van der Waals surface area (Å²) < 4.78 is 0. The molecule has 0 bridgehead atoms. The van der Waals surface area contributed by atoms with E-state index < -0.39 is 0 Å². The Balaban J connectivity index is 2.39. The minimum atomic E-state index is 0.648. The highest BCUT2D eigenvalue weighted by molar-refractivity contribution is 8.01. The van der Waals surface area contributed by atoms with Gasteiger partial charge < -0.3 is 0 Å². The zero-order valence-electron chi connectivity index (χ0n) is 5.29. The van der Waals surface area contributed by atoms with Gasteiger partial charge in [0.2, 0.25) is 0 Å². The van der Waals surface area contributed by atoms with Crippen molar-refractivity contribution in [3.63, 3.8) is 0 Å². The van der Waals surface area contributed by atoms with Crippen molar-refractivity contribution in [2.75, 3.05) is 0 Å². The summed E-state index contributed by atoms with van der Waals surface area (Å²) in [5.41, 5.74) is 0. The number of rotatable bonds is 0. The van der Waals surface area contributed by atoms with Crippen LogP contribution in [-0.4, -0.2) is 15.7 Å². The highest BCUT2D eigenvalue weighted by Crippen LogP contribution is 2.35. The largest absolute Gasteiger partial charge is 0.175 e. The molecule has 3 atom stereocenters. The molecule has 0 aromatic heterocycles. The Morgan fingerprint density at radius 1 is 1.50 bits per heavy atom. The molecule has 0 spiro atoms. The van der Waals surface area contributed by atoms with E-state index in [4.69, 9.17) is 0 Å². The van der Waals surface area contributed by atoms with Crippen molar-refractivity contribution in [1.29, 1.82) is 0 Å². The van der Waals surface area contributed by atoms with E-state index in [9.17, 15) is 0 Å². The van der Waals surface area contributed by atoms with Crippen LogP contribution in [0.5, 0.6) is 0 Å². The van der Waals surface area contributed by atoms with E-state index in [1.54, 1.807) is 0 Å². The van der Waals surface area contributed by atoms with Gasteiger partial charge >= 0.3 is 0 Å². The minimum absolute atomic E-state index is 0.648. The first-order valence-corrected chi connectivity index (χ1v) is 4.49. The van der Waals surface area contributed by atoms with Crippen LogP contribution in [-0.2, 0) is 0 Å². The Morgan fingerprint density at radius 2 is 2.12 bits per heavy atom. The average Bonchev–Trinajstić information content (AvgIpc) is 1.85. The summed E-state index contributed by atoms with van der Waals surface area (Å²) in [5, 5.41) is 2.26. The van der Waals surface area contributed by atoms with Crippen molar-refractivity contribution < 1.29 is 0 Å². The van der Waals surface area contributed by atoms with Crippen LogP contribution < -0.4 is 0 Å². The molecule has 0 N–H and O–H groups in total. The van der Waals surface area contributed by atoms with Gasteiger partial charge in [0.1, 0.15) is 0 Å². The lowest BCUT2D eigenvalue weighted by Crippen LogP contribution is -2.04. The molecule has 1 fully saturated rings. The molecular weight excluding hydrogens is 136 g/mol. The van der Waals surface area contributed by atoms with Gasteiger partial charge in [0.05, 0.1) is 0 Å². The van der Waals surface area contributed by atoms with Crippen LogP contribution in [0.1, 0.15) is 20.3 Å². The van der Waals surface area contributed by atoms with E-state index in [1.165, 1.54) is 6.42 Å². The molecule has 0 nitrogen and oxygen atoms in total. The summed E-state index contributed by atoms with van der Waals surface area (Å²) in [6.07, 6.45) is 1.29. The lowest BCUT2D eigenvalue weighted by atomic mass is 10.2. The van der Waals surface area contributed by atoms with Crippen LogP contribution in [0.2, 0.25) is 0 Å². The number of hydrogen-bond donors (Lipinski definition) is 1. The third-order valence-corrected chi connectivity index (χ3v) is 3.84. The maximum Gasteiger partial charge on any atom is 0.0144 e. The van der Waals surface area contributed by atoms with E-state index in [1.807, 2.05) is 0 Å². The molecule has 8 heavy (non-hydrogen) atoms. The molecule has 0 aromatic rings. The van der Waals surface area contributed by atoms with E-state index in [0.29, 0.717) is 5.25 Å². The average molecular weight is 148 g/mol. The Morgan fingerprint density at radius 3 is 2.25 bits per heavy atom. The first-order chi connectivity index (χ1) is 3.70. The van der Waals surface area contributed by atoms with Gasteiger partial charge in [-0.25, -0.2) is 0 Å². The van der Waals surface area contributed by atoms with Crippen LogP contribution in [0.3, 0.4) is 0 Å². The van der Waals surface area contributed by atoms with Gasteiger partial charge in [-0.15, -0.1) is 0 Å². The van der Waals surface area contributed by atoms with Crippen LogP contribution in [0.25, 0.3) is 0 Å². The van der Waals surface area contributed by atoms with Crippen LogP contribution in [0.4, 0.5) is 0 Å². The molecule has 0 radical (unpaired) electrons. The fourth-order valence-electron chi connectivity index (χ4n) is 1.04. The summed E-state index contributed by atoms with van der Waals surface area (Å²) >= 11 is 6.48. The normalized spacial score (nSPS) is 47.6. The molecule has 3 unspecified atom stereocenters. The van der Waals surface area contributed by atoms with Gasteiger partial charge in [-0.2, -0.15) is 24.4 Å². The number of hydrogen-bond acceptors (Lipinski definition) is 2. The SMILES string of the molecule is CC1CC(S)C(C)S1. The lowest BCUT2D eigenvalue weighted by molar-refractivity contribution is 0.800. The second-order valence-corrected chi connectivity index (χ2v) is 4.94. The van der Waals surface area contributed by atoms with E-state index in [-0.39, 0.29) is 0 Å². The molecule has 0 saturated carbocycles. The molecule has 1 heterocycles. The molecule has 1 saturated heterocycles. The maximum atomic E-state index is 4.43. The highest BCUT2D eigenvalue weighted by atomic mass is 32.2. The zero-order valence-corrected chi connectivity index (χ0v) is 7.01. The molecule has 0 aromatic carbocycles. The second-order valence-electron chi connectivity index (χ2n) is 2.45. The summed E-state index contributed by atoms with van der Waals surface area (Å²) in [5.74, 6) is 0. The predicted octanol–water partition coefficient (Wildman–Crippen LogP) is 2.20. The first-order valence-electron chi connectivity index (χ1n) is 3.03. The van der Waals surface area contributed by atoms with Crippen LogP contribution >= 0.6 is 24.4 Å². The monoisotopic (exact) mass is 148 g/mol. The molecule has 48 valence electrons. The van der Waals surface area contributed by atoms with E-state index in [2.05, 4.69) is 38.2 Å². The van der Waals surface area contributed by atoms with Gasteiger partial charge in [-0.05, 0) is 6.42 Å². The van der Waals surface area contributed by atoms with Crippen molar-refractivity contribution in [2.45, 2.75) is 36.0 Å². The molecule has 1 aliphatic heterocycles. The standard InChI is InChI=1S/C6H12S2/c1-4-3-6(7)5(2)8-4/h4-7H,3H2,1-2H3. The van der Waals surface area contributed by atoms with Crippen LogP contribution in [0.15, 0.2) is 0 Å². The zero-order chi connectivity index (χ0) is 6.15. The molecule has 1 aliphatic rings. The predicted molar refractivity (Wildman–Crippen MR) is 43.9 cm³/mol. The Labute approximate surface area is 60.8 Å². The topological polar surface area (TPSA) is 0 Å².